The molecule has 4 rings (SSSR count). The van der Waals surface area contributed by atoms with Gasteiger partial charge in [-0.1, -0.05) is 28.9 Å². The number of carbonyl (C=O) groups is 1. The number of hydrogen-bond acceptors (Lipinski definition) is 7. The van der Waals surface area contributed by atoms with E-state index in [-0.39, 0.29) is 11.6 Å². The van der Waals surface area contributed by atoms with Gasteiger partial charge in [-0.25, -0.2) is 4.98 Å². The molecule has 4 aromatic rings. The molecule has 6 nitrogen and oxygen atoms in total. The van der Waals surface area contributed by atoms with E-state index in [9.17, 15) is 4.79 Å². The van der Waals surface area contributed by atoms with Gasteiger partial charge >= 0.3 is 0 Å². The third kappa shape index (κ3) is 4.24. The number of nitrogens with zero attached hydrogens (tertiary/aromatic N) is 2. The number of rotatable bonds is 6. The van der Waals surface area contributed by atoms with Crippen LogP contribution in [0.5, 0.6) is 0 Å². The van der Waals surface area contributed by atoms with Gasteiger partial charge in [0.15, 0.2) is 16.6 Å². The SMILES string of the molecule is Cc1ccc(Nc2nc(-c3cc(C(=O)NCc4cccs4)no3)cs2)cc1. The van der Waals surface area contributed by atoms with Crippen molar-refractivity contribution in [2.75, 3.05) is 5.32 Å². The summed E-state index contributed by atoms with van der Waals surface area (Å²) in [6.45, 7) is 2.52. The van der Waals surface area contributed by atoms with Gasteiger partial charge in [-0.15, -0.1) is 22.7 Å². The third-order valence-corrected chi connectivity index (χ3v) is 5.44. The van der Waals surface area contributed by atoms with Crippen molar-refractivity contribution in [2.24, 2.45) is 0 Å². The van der Waals surface area contributed by atoms with E-state index in [2.05, 4.69) is 20.8 Å². The molecular weight excluding hydrogens is 380 g/mol. The summed E-state index contributed by atoms with van der Waals surface area (Å²) in [5.74, 6) is 0.191. The Hall–Kier alpha value is -2.97. The molecule has 0 atom stereocenters. The molecule has 0 aliphatic carbocycles. The Bertz CT molecular complexity index is 1040. The van der Waals surface area contributed by atoms with Crippen LogP contribution in [-0.4, -0.2) is 16.0 Å². The highest BCUT2D eigenvalue weighted by molar-refractivity contribution is 7.14. The predicted octanol–water partition coefficient (Wildman–Crippen LogP) is 4.84. The van der Waals surface area contributed by atoms with Crippen molar-refractivity contribution in [3.8, 4) is 11.5 Å². The minimum atomic E-state index is -0.272. The fraction of sp³-hybridized carbons (Fsp3) is 0.105. The molecule has 0 unspecified atom stereocenters. The zero-order valence-corrected chi connectivity index (χ0v) is 16.1. The molecular formula is C19H16N4O2S2. The van der Waals surface area contributed by atoms with Crippen molar-refractivity contribution in [3.63, 3.8) is 0 Å². The normalized spacial score (nSPS) is 10.7. The molecule has 0 radical (unpaired) electrons. The van der Waals surface area contributed by atoms with Crippen molar-refractivity contribution in [3.05, 3.63) is 69.4 Å². The molecule has 1 aromatic carbocycles. The van der Waals surface area contributed by atoms with Crippen LogP contribution in [0.25, 0.3) is 11.5 Å². The first kappa shape index (κ1) is 17.4. The van der Waals surface area contributed by atoms with Crippen LogP contribution >= 0.6 is 22.7 Å². The highest BCUT2D eigenvalue weighted by Gasteiger charge is 2.16. The van der Waals surface area contributed by atoms with E-state index in [0.29, 0.717) is 18.0 Å². The van der Waals surface area contributed by atoms with Crippen LogP contribution in [0, 0.1) is 6.92 Å². The van der Waals surface area contributed by atoms with Gasteiger partial charge in [0, 0.05) is 22.0 Å². The Balaban J connectivity index is 1.41. The van der Waals surface area contributed by atoms with E-state index in [1.165, 1.54) is 16.9 Å². The van der Waals surface area contributed by atoms with E-state index in [1.54, 1.807) is 17.4 Å². The number of thiazole rings is 1. The first-order valence-electron chi connectivity index (χ1n) is 8.24. The fourth-order valence-electron chi connectivity index (χ4n) is 2.38. The molecule has 8 heteroatoms. The lowest BCUT2D eigenvalue weighted by Crippen LogP contribution is -2.22. The van der Waals surface area contributed by atoms with Crippen molar-refractivity contribution in [1.82, 2.24) is 15.5 Å². The molecule has 3 heterocycles. The summed E-state index contributed by atoms with van der Waals surface area (Å²) < 4.78 is 5.30. The molecule has 0 fully saturated rings. The molecule has 3 aromatic heterocycles. The molecule has 1 amide bonds. The third-order valence-electron chi connectivity index (χ3n) is 3.81. The van der Waals surface area contributed by atoms with Crippen LogP contribution in [0.4, 0.5) is 10.8 Å². The van der Waals surface area contributed by atoms with Gasteiger partial charge in [0.1, 0.15) is 5.69 Å². The van der Waals surface area contributed by atoms with Crippen LogP contribution in [0.15, 0.2) is 57.7 Å². The lowest BCUT2D eigenvalue weighted by Gasteiger charge is -2.02. The molecule has 2 N–H and O–H groups in total. The number of thiophene rings is 1. The van der Waals surface area contributed by atoms with Gasteiger partial charge in [0.05, 0.1) is 6.54 Å². The predicted molar refractivity (Wildman–Crippen MR) is 108 cm³/mol. The number of anilines is 2. The fourth-order valence-corrected chi connectivity index (χ4v) is 3.74. The van der Waals surface area contributed by atoms with E-state index in [4.69, 9.17) is 4.52 Å². The van der Waals surface area contributed by atoms with E-state index < -0.39 is 0 Å². The Labute approximate surface area is 163 Å². The zero-order valence-electron chi connectivity index (χ0n) is 14.4. The second-order valence-corrected chi connectivity index (χ2v) is 7.76. The Kier molecular flexibility index (Phi) is 4.99. The van der Waals surface area contributed by atoms with Crippen LogP contribution in [0.2, 0.25) is 0 Å². The van der Waals surface area contributed by atoms with Crippen LogP contribution in [0.1, 0.15) is 20.9 Å². The van der Waals surface area contributed by atoms with Gasteiger partial charge < -0.3 is 15.2 Å². The van der Waals surface area contributed by atoms with Crippen molar-refractivity contribution < 1.29 is 9.32 Å². The summed E-state index contributed by atoms with van der Waals surface area (Å²) in [4.78, 5) is 17.8. The minimum Gasteiger partial charge on any atom is -0.354 e. The molecule has 136 valence electrons. The molecule has 0 bridgehead atoms. The van der Waals surface area contributed by atoms with Crippen LogP contribution < -0.4 is 10.6 Å². The highest BCUT2D eigenvalue weighted by atomic mass is 32.1. The highest BCUT2D eigenvalue weighted by Crippen LogP contribution is 2.27. The largest absolute Gasteiger partial charge is 0.354 e. The summed E-state index contributed by atoms with van der Waals surface area (Å²) in [6.07, 6.45) is 0. The standard InChI is InChI=1S/C19H16N4O2S2/c1-12-4-6-13(7-5-12)21-19-22-16(11-27-19)17-9-15(23-25-17)18(24)20-10-14-3-2-8-26-14/h2-9,11H,10H2,1H3,(H,20,24)(H,21,22). The van der Waals surface area contributed by atoms with Gasteiger partial charge in [-0.05, 0) is 30.5 Å². The average molecular weight is 396 g/mol. The first-order valence-corrected chi connectivity index (χ1v) is 10.0. The van der Waals surface area contributed by atoms with Crippen molar-refractivity contribution >= 4 is 39.4 Å². The molecule has 0 aliphatic rings. The number of nitrogens with one attached hydrogen (secondary N) is 2. The van der Waals surface area contributed by atoms with Crippen LogP contribution in [0.3, 0.4) is 0 Å². The molecule has 0 saturated carbocycles. The molecule has 0 saturated heterocycles. The lowest BCUT2D eigenvalue weighted by atomic mass is 10.2. The minimum absolute atomic E-state index is 0.239. The van der Waals surface area contributed by atoms with Crippen molar-refractivity contribution in [1.29, 1.82) is 0 Å². The number of hydrogen-bond donors (Lipinski definition) is 2. The number of aryl methyl sites for hydroxylation is 1. The van der Waals surface area contributed by atoms with E-state index in [0.717, 1.165) is 15.7 Å². The molecule has 27 heavy (non-hydrogen) atoms. The van der Waals surface area contributed by atoms with Gasteiger partial charge in [0.2, 0.25) is 0 Å². The first-order chi connectivity index (χ1) is 13.2. The zero-order chi connectivity index (χ0) is 18.6. The number of benzene rings is 1. The average Bonchev–Trinajstić information content (AvgIpc) is 3.43. The topological polar surface area (TPSA) is 80.0 Å². The molecule has 0 spiro atoms. The summed E-state index contributed by atoms with van der Waals surface area (Å²) in [6, 6.07) is 13.6. The van der Waals surface area contributed by atoms with Gasteiger partial charge in [-0.2, -0.15) is 0 Å². The van der Waals surface area contributed by atoms with E-state index >= 15 is 0 Å². The molecule has 0 aliphatic heterocycles. The van der Waals surface area contributed by atoms with Gasteiger partial charge in [-0.3, -0.25) is 4.79 Å². The Morgan fingerprint density at radius 3 is 2.81 bits per heavy atom. The quantitative estimate of drug-likeness (QED) is 0.487. The maximum Gasteiger partial charge on any atom is 0.273 e. The number of aromatic nitrogens is 2. The monoisotopic (exact) mass is 396 g/mol. The van der Waals surface area contributed by atoms with Crippen molar-refractivity contribution in [2.45, 2.75) is 13.5 Å². The lowest BCUT2D eigenvalue weighted by molar-refractivity contribution is 0.0942. The number of amides is 1. The van der Waals surface area contributed by atoms with Crippen LogP contribution in [-0.2, 0) is 6.54 Å². The second-order valence-electron chi connectivity index (χ2n) is 5.87. The number of carbonyl (C=O) groups excluding carboxylic acids is 1. The maximum atomic E-state index is 12.2. The summed E-state index contributed by atoms with van der Waals surface area (Å²) in [5, 5.41) is 14.5. The van der Waals surface area contributed by atoms with Gasteiger partial charge in [0.25, 0.3) is 5.91 Å². The summed E-state index contributed by atoms with van der Waals surface area (Å²) >= 11 is 3.05. The van der Waals surface area contributed by atoms with E-state index in [1.807, 2.05) is 54.1 Å². The Morgan fingerprint density at radius 2 is 2.04 bits per heavy atom. The maximum absolute atomic E-state index is 12.2. The summed E-state index contributed by atoms with van der Waals surface area (Å²) in [5.41, 5.74) is 3.04. The smallest absolute Gasteiger partial charge is 0.273 e. The summed E-state index contributed by atoms with van der Waals surface area (Å²) in [7, 11) is 0. The Morgan fingerprint density at radius 1 is 1.19 bits per heavy atom. The second kappa shape index (κ2) is 7.73.